The quantitative estimate of drug-likeness (QED) is 0.454. The minimum atomic E-state index is -1.20. The van der Waals surface area contributed by atoms with Crippen molar-refractivity contribution in [2.24, 2.45) is 0 Å². The van der Waals surface area contributed by atoms with Crippen LogP contribution < -0.4 is 10.6 Å². The maximum atomic E-state index is 12.0. The molecule has 0 aliphatic rings. The second kappa shape index (κ2) is 10.0. The van der Waals surface area contributed by atoms with Crippen LogP contribution in [-0.4, -0.2) is 28.6 Å². The maximum Gasteiger partial charge on any atom is 0.328 e. The zero-order chi connectivity index (χ0) is 19.8. The van der Waals surface area contributed by atoms with Crippen LogP contribution in [0.15, 0.2) is 59.5 Å². The van der Waals surface area contributed by atoms with Crippen molar-refractivity contribution in [3.05, 3.63) is 64.7 Å². The first-order valence-corrected chi connectivity index (χ1v) is 9.28. The molecule has 0 bridgehead atoms. The van der Waals surface area contributed by atoms with Crippen LogP contribution in [-0.2, 0) is 14.4 Å². The smallest absolute Gasteiger partial charge is 0.328 e. The van der Waals surface area contributed by atoms with Crippen molar-refractivity contribution in [3.63, 3.8) is 0 Å². The molecular weight excluding hydrogens is 411 g/mol. The zero-order valence-corrected chi connectivity index (χ0v) is 16.1. The second-order valence-electron chi connectivity index (χ2n) is 5.12. The topological polar surface area (TPSA) is 95.5 Å². The molecule has 0 saturated heterocycles. The monoisotopic (exact) mass is 424 g/mol. The number of hydrogen-bond acceptors (Lipinski definition) is 4. The molecule has 0 radical (unpaired) electrons. The van der Waals surface area contributed by atoms with Crippen LogP contribution in [0.1, 0.15) is 0 Å². The molecule has 2 aromatic carbocycles. The SMILES string of the molecule is O=C(O)/C=C/C(=O)Nc1ccc(SCC(=O)Nc2cccc(Cl)c2Cl)cc1. The van der Waals surface area contributed by atoms with Crippen LogP contribution in [0.5, 0.6) is 0 Å². The summed E-state index contributed by atoms with van der Waals surface area (Å²) in [7, 11) is 0. The van der Waals surface area contributed by atoms with Crippen LogP contribution in [0.3, 0.4) is 0 Å². The molecule has 27 heavy (non-hydrogen) atoms. The van der Waals surface area contributed by atoms with E-state index in [1.165, 1.54) is 11.8 Å². The van der Waals surface area contributed by atoms with E-state index < -0.39 is 11.9 Å². The van der Waals surface area contributed by atoms with Gasteiger partial charge in [0.05, 0.1) is 21.5 Å². The van der Waals surface area contributed by atoms with E-state index in [2.05, 4.69) is 10.6 Å². The molecule has 0 saturated carbocycles. The van der Waals surface area contributed by atoms with E-state index >= 15 is 0 Å². The molecule has 0 aromatic heterocycles. The third-order valence-electron chi connectivity index (χ3n) is 3.09. The maximum absolute atomic E-state index is 12.0. The number of halogens is 2. The van der Waals surface area contributed by atoms with Crippen molar-refractivity contribution in [1.82, 2.24) is 0 Å². The molecule has 9 heteroatoms. The molecule has 2 amide bonds. The number of thioether (sulfide) groups is 1. The summed E-state index contributed by atoms with van der Waals surface area (Å²) in [5.41, 5.74) is 0.955. The summed E-state index contributed by atoms with van der Waals surface area (Å²) in [6.07, 6.45) is 1.68. The third-order valence-corrected chi connectivity index (χ3v) is 4.93. The highest BCUT2D eigenvalue weighted by Gasteiger charge is 2.09. The van der Waals surface area contributed by atoms with E-state index in [1.807, 2.05) is 0 Å². The van der Waals surface area contributed by atoms with E-state index in [9.17, 15) is 14.4 Å². The molecule has 0 aliphatic carbocycles. The highest BCUT2D eigenvalue weighted by molar-refractivity contribution is 8.00. The Hall–Kier alpha value is -2.48. The molecule has 0 heterocycles. The normalized spacial score (nSPS) is 10.6. The molecule has 3 N–H and O–H groups in total. The first-order chi connectivity index (χ1) is 12.8. The number of anilines is 2. The number of nitrogens with one attached hydrogen (secondary N) is 2. The van der Waals surface area contributed by atoms with Crippen molar-refractivity contribution in [2.75, 3.05) is 16.4 Å². The minimum absolute atomic E-state index is 0.163. The highest BCUT2D eigenvalue weighted by Crippen LogP contribution is 2.30. The van der Waals surface area contributed by atoms with Crippen LogP contribution >= 0.6 is 35.0 Å². The Morgan fingerprint density at radius 1 is 1.00 bits per heavy atom. The Balaban J connectivity index is 1.85. The van der Waals surface area contributed by atoms with Gasteiger partial charge in [-0.1, -0.05) is 29.3 Å². The first kappa shape index (κ1) is 20.8. The molecule has 0 atom stereocenters. The molecule has 0 spiro atoms. The fraction of sp³-hybridized carbons (Fsp3) is 0.0556. The summed E-state index contributed by atoms with van der Waals surface area (Å²) in [6, 6.07) is 11.8. The average Bonchev–Trinajstić information content (AvgIpc) is 2.63. The molecule has 6 nitrogen and oxygen atoms in total. The summed E-state index contributed by atoms with van der Waals surface area (Å²) in [5.74, 6) is -1.82. The number of aliphatic carboxylic acids is 1. The Morgan fingerprint density at radius 2 is 1.70 bits per heavy atom. The molecule has 2 rings (SSSR count). The number of carboxylic acids is 1. The third kappa shape index (κ3) is 6.97. The van der Waals surface area contributed by atoms with Gasteiger partial charge in [0.1, 0.15) is 0 Å². The number of rotatable bonds is 7. The van der Waals surface area contributed by atoms with Gasteiger partial charge in [0.25, 0.3) is 0 Å². The molecule has 0 unspecified atom stereocenters. The van der Waals surface area contributed by atoms with Gasteiger partial charge in [0, 0.05) is 22.7 Å². The van der Waals surface area contributed by atoms with E-state index in [0.717, 1.165) is 17.0 Å². The molecule has 0 aliphatic heterocycles. The van der Waals surface area contributed by atoms with Crippen molar-refractivity contribution in [3.8, 4) is 0 Å². The Labute approximate surface area is 169 Å². The number of benzene rings is 2. The van der Waals surface area contributed by atoms with E-state index in [4.69, 9.17) is 28.3 Å². The fourth-order valence-electron chi connectivity index (χ4n) is 1.90. The van der Waals surface area contributed by atoms with Gasteiger partial charge in [-0.3, -0.25) is 9.59 Å². The zero-order valence-electron chi connectivity index (χ0n) is 13.7. The standard InChI is InChI=1S/C18H14Cl2N2O4S/c19-13-2-1-3-14(18(13)20)22-16(24)10-27-12-6-4-11(5-7-12)21-15(23)8-9-17(25)26/h1-9H,10H2,(H,21,23)(H,22,24)(H,25,26)/b9-8+. The van der Waals surface area contributed by atoms with Crippen LogP contribution in [0.4, 0.5) is 11.4 Å². The summed E-state index contributed by atoms with van der Waals surface area (Å²) in [5, 5.41) is 14.3. The summed E-state index contributed by atoms with van der Waals surface area (Å²) < 4.78 is 0. The van der Waals surface area contributed by atoms with Gasteiger partial charge in [-0.2, -0.15) is 0 Å². The lowest BCUT2D eigenvalue weighted by Gasteiger charge is -2.08. The predicted octanol–water partition coefficient (Wildman–Crippen LogP) is 4.30. The molecular formula is C18H14Cl2N2O4S. The molecule has 2 aromatic rings. The molecule has 0 fully saturated rings. The number of amides is 2. The Morgan fingerprint density at radius 3 is 2.37 bits per heavy atom. The van der Waals surface area contributed by atoms with Gasteiger partial charge < -0.3 is 15.7 Å². The number of hydrogen-bond donors (Lipinski definition) is 3. The number of carboxylic acid groups (broad SMARTS) is 1. The van der Waals surface area contributed by atoms with E-state index in [1.54, 1.807) is 42.5 Å². The lowest BCUT2D eigenvalue weighted by atomic mass is 10.3. The largest absolute Gasteiger partial charge is 0.478 e. The van der Waals surface area contributed by atoms with Gasteiger partial charge in [-0.15, -0.1) is 11.8 Å². The second-order valence-corrected chi connectivity index (χ2v) is 6.96. The van der Waals surface area contributed by atoms with Crippen molar-refractivity contribution in [2.45, 2.75) is 4.90 Å². The van der Waals surface area contributed by atoms with Gasteiger partial charge in [-0.05, 0) is 36.4 Å². The fourth-order valence-corrected chi connectivity index (χ4v) is 2.95. The number of carbonyl (C=O) groups is 3. The van der Waals surface area contributed by atoms with E-state index in [-0.39, 0.29) is 16.7 Å². The lowest BCUT2D eigenvalue weighted by molar-refractivity contribution is -0.131. The predicted molar refractivity (Wildman–Crippen MR) is 108 cm³/mol. The Bertz CT molecular complexity index is 885. The highest BCUT2D eigenvalue weighted by atomic mass is 35.5. The summed E-state index contributed by atoms with van der Waals surface area (Å²) in [6.45, 7) is 0. The van der Waals surface area contributed by atoms with Gasteiger partial charge in [0.15, 0.2) is 0 Å². The van der Waals surface area contributed by atoms with Crippen LogP contribution in [0.2, 0.25) is 10.0 Å². The van der Waals surface area contributed by atoms with Gasteiger partial charge >= 0.3 is 5.97 Å². The van der Waals surface area contributed by atoms with Gasteiger partial charge in [0.2, 0.25) is 11.8 Å². The first-order valence-electron chi connectivity index (χ1n) is 7.54. The van der Waals surface area contributed by atoms with Gasteiger partial charge in [-0.25, -0.2) is 4.79 Å². The average molecular weight is 425 g/mol. The summed E-state index contributed by atoms with van der Waals surface area (Å²) in [4.78, 5) is 34.7. The number of carbonyl (C=O) groups excluding carboxylic acids is 2. The minimum Gasteiger partial charge on any atom is -0.478 e. The van der Waals surface area contributed by atoms with Crippen LogP contribution in [0.25, 0.3) is 0 Å². The van der Waals surface area contributed by atoms with Crippen LogP contribution in [0, 0.1) is 0 Å². The van der Waals surface area contributed by atoms with Crippen molar-refractivity contribution >= 4 is 64.1 Å². The van der Waals surface area contributed by atoms with Crippen molar-refractivity contribution < 1.29 is 19.5 Å². The van der Waals surface area contributed by atoms with Crippen molar-refractivity contribution in [1.29, 1.82) is 0 Å². The van der Waals surface area contributed by atoms with E-state index in [0.29, 0.717) is 16.4 Å². The molecule has 140 valence electrons. The summed E-state index contributed by atoms with van der Waals surface area (Å²) >= 11 is 13.2. The lowest BCUT2D eigenvalue weighted by Crippen LogP contribution is -2.14. The Kier molecular flexibility index (Phi) is 7.72.